The zero-order valence-electron chi connectivity index (χ0n) is 11.9. The van der Waals surface area contributed by atoms with Gasteiger partial charge in [-0.3, -0.25) is 4.79 Å². The number of nitrogens with zero attached hydrogens (tertiary/aromatic N) is 1. The van der Waals surface area contributed by atoms with Crippen LogP contribution in [0.2, 0.25) is 0 Å². The SMILES string of the molecule is O=C(CCN1CCCC1)NCC1CCCCC1CO. The Morgan fingerprint density at radius 1 is 1.11 bits per heavy atom. The van der Waals surface area contributed by atoms with Crippen molar-refractivity contribution < 1.29 is 9.90 Å². The van der Waals surface area contributed by atoms with Gasteiger partial charge in [0.25, 0.3) is 0 Å². The summed E-state index contributed by atoms with van der Waals surface area (Å²) in [5, 5.41) is 12.4. The monoisotopic (exact) mass is 268 g/mol. The third-order valence-electron chi connectivity index (χ3n) is 4.72. The number of aliphatic hydroxyl groups is 1. The molecule has 2 unspecified atom stereocenters. The molecule has 0 bridgehead atoms. The number of rotatable bonds is 6. The minimum atomic E-state index is 0.175. The Hall–Kier alpha value is -0.610. The molecule has 2 N–H and O–H groups in total. The van der Waals surface area contributed by atoms with Crippen molar-refractivity contribution in [2.75, 3.05) is 32.8 Å². The van der Waals surface area contributed by atoms with Crippen molar-refractivity contribution in [2.45, 2.75) is 44.9 Å². The van der Waals surface area contributed by atoms with Gasteiger partial charge in [-0.25, -0.2) is 0 Å². The van der Waals surface area contributed by atoms with Gasteiger partial charge in [-0.1, -0.05) is 12.8 Å². The van der Waals surface area contributed by atoms with E-state index in [4.69, 9.17) is 0 Å². The second-order valence-electron chi connectivity index (χ2n) is 6.09. The molecule has 1 saturated carbocycles. The van der Waals surface area contributed by atoms with E-state index in [1.165, 1.54) is 25.7 Å². The molecule has 1 aliphatic carbocycles. The van der Waals surface area contributed by atoms with Crippen LogP contribution in [0.5, 0.6) is 0 Å². The van der Waals surface area contributed by atoms with Gasteiger partial charge in [-0.2, -0.15) is 0 Å². The first-order valence-corrected chi connectivity index (χ1v) is 7.89. The van der Waals surface area contributed by atoms with E-state index in [0.29, 0.717) is 18.3 Å². The summed E-state index contributed by atoms with van der Waals surface area (Å²) in [7, 11) is 0. The van der Waals surface area contributed by atoms with Crippen molar-refractivity contribution >= 4 is 5.91 Å². The van der Waals surface area contributed by atoms with Gasteiger partial charge in [0, 0.05) is 26.1 Å². The molecule has 2 rings (SSSR count). The summed E-state index contributed by atoms with van der Waals surface area (Å²) in [4.78, 5) is 14.2. The summed E-state index contributed by atoms with van der Waals surface area (Å²) in [5.41, 5.74) is 0. The van der Waals surface area contributed by atoms with E-state index in [0.717, 1.165) is 39.0 Å². The Balaban J connectivity index is 1.61. The number of likely N-dealkylation sites (tertiary alicyclic amines) is 1. The standard InChI is InChI=1S/C15H28N2O2/c18-12-14-6-2-1-5-13(14)11-16-15(19)7-10-17-8-3-4-9-17/h13-14,18H,1-12H2,(H,16,19). The van der Waals surface area contributed by atoms with Gasteiger partial charge in [-0.05, 0) is 50.6 Å². The van der Waals surface area contributed by atoms with Crippen LogP contribution in [0.1, 0.15) is 44.9 Å². The van der Waals surface area contributed by atoms with Crippen molar-refractivity contribution in [1.29, 1.82) is 0 Å². The van der Waals surface area contributed by atoms with Crippen molar-refractivity contribution in [3.63, 3.8) is 0 Å². The van der Waals surface area contributed by atoms with Crippen LogP contribution in [0.25, 0.3) is 0 Å². The van der Waals surface area contributed by atoms with E-state index in [1.54, 1.807) is 0 Å². The van der Waals surface area contributed by atoms with Crippen LogP contribution in [0, 0.1) is 11.8 Å². The lowest BCUT2D eigenvalue weighted by molar-refractivity contribution is -0.121. The molecule has 1 saturated heterocycles. The Labute approximate surface area is 116 Å². The summed E-state index contributed by atoms with van der Waals surface area (Å²) in [6.45, 7) is 4.24. The van der Waals surface area contributed by atoms with Crippen molar-refractivity contribution in [3.8, 4) is 0 Å². The smallest absolute Gasteiger partial charge is 0.221 e. The quantitative estimate of drug-likeness (QED) is 0.765. The highest BCUT2D eigenvalue weighted by Gasteiger charge is 2.24. The van der Waals surface area contributed by atoms with Gasteiger partial charge in [0.05, 0.1) is 0 Å². The van der Waals surface area contributed by atoms with E-state index in [-0.39, 0.29) is 12.5 Å². The molecule has 4 heteroatoms. The fourth-order valence-electron chi connectivity index (χ4n) is 3.39. The zero-order valence-corrected chi connectivity index (χ0v) is 11.9. The minimum absolute atomic E-state index is 0.175. The molecule has 19 heavy (non-hydrogen) atoms. The van der Waals surface area contributed by atoms with E-state index in [9.17, 15) is 9.90 Å². The first-order valence-electron chi connectivity index (χ1n) is 7.89. The van der Waals surface area contributed by atoms with Crippen LogP contribution < -0.4 is 5.32 Å². The first kappa shape index (κ1) is 14.8. The van der Waals surface area contributed by atoms with Crippen LogP contribution in [-0.4, -0.2) is 48.7 Å². The number of hydrogen-bond acceptors (Lipinski definition) is 3. The molecule has 2 aliphatic rings. The van der Waals surface area contributed by atoms with Crippen molar-refractivity contribution in [2.24, 2.45) is 11.8 Å². The van der Waals surface area contributed by atoms with Gasteiger partial charge in [0.2, 0.25) is 5.91 Å². The Morgan fingerprint density at radius 2 is 1.79 bits per heavy atom. The largest absolute Gasteiger partial charge is 0.396 e. The van der Waals surface area contributed by atoms with Crippen LogP contribution in [-0.2, 0) is 4.79 Å². The van der Waals surface area contributed by atoms with Crippen molar-refractivity contribution in [3.05, 3.63) is 0 Å². The predicted molar refractivity (Wildman–Crippen MR) is 75.8 cm³/mol. The summed E-state index contributed by atoms with van der Waals surface area (Å²) in [6, 6.07) is 0. The molecule has 110 valence electrons. The van der Waals surface area contributed by atoms with Gasteiger partial charge < -0.3 is 15.3 Å². The molecule has 0 aromatic rings. The number of aliphatic hydroxyl groups excluding tert-OH is 1. The average molecular weight is 268 g/mol. The molecule has 0 aromatic carbocycles. The summed E-state index contributed by atoms with van der Waals surface area (Å²) in [5.74, 6) is 1.05. The molecule has 0 spiro atoms. The van der Waals surface area contributed by atoms with Crippen molar-refractivity contribution in [1.82, 2.24) is 10.2 Å². The predicted octanol–water partition coefficient (Wildman–Crippen LogP) is 1.39. The lowest BCUT2D eigenvalue weighted by Crippen LogP contribution is -2.36. The molecule has 2 atom stereocenters. The van der Waals surface area contributed by atoms with Crippen LogP contribution in [0.15, 0.2) is 0 Å². The topological polar surface area (TPSA) is 52.6 Å². The zero-order chi connectivity index (χ0) is 13.5. The lowest BCUT2D eigenvalue weighted by Gasteiger charge is -2.30. The van der Waals surface area contributed by atoms with Gasteiger partial charge >= 0.3 is 0 Å². The summed E-state index contributed by atoms with van der Waals surface area (Å²) < 4.78 is 0. The highest BCUT2D eigenvalue weighted by atomic mass is 16.3. The maximum atomic E-state index is 11.8. The highest BCUT2D eigenvalue weighted by Crippen LogP contribution is 2.29. The Bertz CT molecular complexity index is 277. The van der Waals surface area contributed by atoms with Crippen LogP contribution in [0.3, 0.4) is 0 Å². The van der Waals surface area contributed by atoms with E-state index < -0.39 is 0 Å². The van der Waals surface area contributed by atoms with E-state index >= 15 is 0 Å². The van der Waals surface area contributed by atoms with Gasteiger partial charge in [0.15, 0.2) is 0 Å². The van der Waals surface area contributed by atoms with Gasteiger partial charge in [-0.15, -0.1) is 0 Å². The fourth-order valence-corrected chi connectivity index (χ4v) is 3.39. The number of nitrogens with one attached hydrogen (secondary N) is 1. The molecular formula is C15H28N2O2. The first-order chi connectivity index (χ1) is 9.29. The number of carbonyl (C=O) groups is 1. The maximum absolute atomic E-state index is 11.8. The molecule has 2 fully saturated rings. The molecular weight excluding hydrogens is 240 g/mol. The second kappa shape index (κ2) is 7.85. The molecule has 4 nitrogen and oxygen atoms in total. The third-order valence-corrected chi connectivity index (χ3v) is 4.72. The third kappa shape index (κ3) is 4.77. The normalized spacial score (nSPS) is 28.5. The van der Waals surface area contributed by atoms with Crippen LogP contribution >= 0.6 is 0 Å². The van der Waals surface area contributed by atoms with Gasteiger partial charge in [0.1, 0.15) is 0 Å². The summed E-state index contributed by atoms with van der Waals surface area (Å²) >= 11 is 0. The Kier molecular flexibility index (Phi) is 6.11. The number of hydrogen-bond donors (Lipinski definition) is 2. The lowest BCUT2D eigenvalue weighted by atomic mass is 9.79. The van der Waals surface area contributed by atoms with E-state index in [1.807, 2.05) is 0 Å². The fraction of sp³-hybridized carbons (Fsp3) is 0.933. The molecule has 1 heterocycles. The highest BCUT2D eigenvalue weighted by molar-refractivity contribution is 5.76. The number of carbonyl (C=O) groups excluding carboxylic acids is 1. The molecule has 1 amide bonds. The minimum Gasteiger partial charge on any atom is -0.396 e. The number of amides is 1. The average Bonchev–Trinajstić information content (AvgIpc) is 2.96. The molecule has 1 aliphatic heterocycles. The summed E-state index contributed by atoms with van der Waals surface area (Å²) in [6.07, 6.45) is 7.91. The Morgan fingerprint density at radius 3 is 2.47 bits per heavy atom. The molecule has 0 radical (unpaired) electrons. The second-order valence-corrected chi connectivity index (χ2v) is 6.09. The maximum Gasteiger partial charge on any atom is 0.221 e. The van der Waals surface area contributed by atoms with Crippen LogP contribution in [0.4, 0.5) is 0 Å². The van der Waals surface area contributed by atoms with E-state index in [2.05, 4.69) is 10.2 Å². The molecule has 0 aromatic heterocycles.